The maximum absolute atomic E-state index is 14.0. The van der Waals surface area contributed by atoms with Gasteiger partial charge >= 0.3 is 0 Å². The molecule has 2 amide bonds. The number of benzene rings is 3. The van der Waals surface area contributed by atoms with Gasteiger partial charge in [0.25, 0.3) is 5.91 Å². The van der Waals surface area contributed by atoms with Crippen molar-refractivity contribution in [1.82, 2.24) is 5.32 Å². The third kappa shape index (κ3) is 3.68. The number of amides is 2. The number of hydrogen-bond donors (Lipinski definition) is 1. The van der Waals surface area contributed by atoms with E-state index in [4.69, 9.17) is 11.6 Å². The third-order valence-corrected chi connectivity index (χ3v) is 5.65. The number of nitrogens with one attached hydrogen (secondary N) is 1. The van der Waals surface area contributed by atoms with E-state index in [0.29, 0.717) is 29.2 Å². The summed E-state index contributed by atoms with van der Waals surface area (Å²) in [6.45, 7) is 2.00. The number of halogens is 2. The van der Waals surface area contributed by atoms with Crippen LogP contribution in [0, 0.1) is 5.82 Å². The van der Waals surface area contributed by atoms with Gasteiger partial charge in [0.05, 0.1) is 0 Å². The molecular weight excluding hydrogens is 403 g/mol. The molecule has 0 radical (unpaired) electrons. The van der Waals surface area contributed by atoms with E-state index in [1.165, 1.54) is 23.1 Å². The summed E-state index contributed by atoms with van der Waals surface area (Å²) in [4.78, 5) is 28.1. The molecule has 152 valence electrons. The van der Waals surface area contributed by atoms with Gasteiger partial charge in [0, 0.05) is 29.2 Å². The topological polar surface area (TPSA) is 49.4 Å². The van der Waals surface area contributed by atoms with E-state index in [-0.39, 0.29) is 11.8 Å². The molecule has 0 saturated heterocycles. The lowest BCUT2D eigenvalue weighted by Gasteiger charge is -2.44. The summed E-state index contributed by atoms with van der Waals surface area (Å²) in [5.74, 6) is -1.11. The van der Waals surface area contributed by atoms with E-state index < -0.39 is 11.4 Å². The van der Waals surface area contributed by atoms with Crippen LogP contribution in [0.5, 0.6) is 0 Å². The summed E-state index contributed by atoms with van der Waals surface area (Å²) in [5.41, 5.74) is 1.32. The van der Waals surface area contributed by atoms with Crippen molar-refractivity contribution in [3.8, 4) is 0 Å². The quantitative estimate of drug-likeness (QED) is 0.659. The first-order chi connectivity index (χ1) is 14.4. The first-order valence-corrected chi connectivity index (χ1v) is 9.97. The Morgan fingerprint density at radius 3 is 2.57 bits per heavy atom. The fourth-order valence-electron chi connectivity index (χ4n) is 3.85. The Kier molecular flexibility index (Phi) is 5.31. The Balaban J connectivity index is 1.70. The van der Waals surface area contributed by atoms with E-state index in [9.17, 15) is 14.0 Å². The second-order valence-corrected chi connectivity index (χ2v) is 7.97. The highest BCUT2D eigenvalue weighted by atomic mass is 35.5. The fourth-order valence-corrected chi connectivity index (χ4v) is 3.98. The molecule has 1 heterocycles. The Bertz CT molecular complexity index is 1120. The maximum Gasteiger partial charge on any atom is 0.259 e. The second-order valence-electron chi connectivity index (χ2n) is 7.54. The second kappa shape index (κ2) is 7.92. The lowest BCUT2D eigenvalue weighted by Crippen LogP contribution is -2.63. The maximum atomic E-state index is 14.0. The molecule has 0 unspecified atom stereocenters. The van der Waals surface area contributed by atoms with Gasteiger partial charge in [-0.1, -0.05) is 48.0 Å². The smallest absolute Gasteiger partial charge is 0.259 e. The van der Waals surface area contributed by atoms with Crippen molar-refractivity contribution in [2.45, 2.75) is 25.4 Å². The molecule has 0 bridgehead atoms. The largest absolute Gasteiger partial charge is 0.350 e. The predicted molar refractivity (Wildman–Crippen MR) is 115 cm³/mol. The van der Waals surface area contributed by atoms with Gasteiger partial charge in [-0.15, -0.1) is 0 Å². The molecule has 1 aliphatic heterocycles. The van der Waals surface area contributed by atoms with Crippen LogP contribution < -0.4 is 10.2 Å². The van der Waals surface area contributed by atoms with Gasteiger partial charge in [-0.05, 0) is 54.4 Å². The standard InChI is InChI=1S/C24H20ClFN2O2/c1-24(23(30)27-15-16-9-11-18(25)12-10-16)14-17-5-2-3-8-21(17)22(29)28(24)20-7-4-6-19(26)13-20/h2-13H,14-15H2,1H3,(H,27,30)/t24-/m0/s1. The Hall–Kier alpha value is -3.18. The van der Waals surface area contributed by atoms with Crippen molar-refractivity contribution in [2.24, 2.45) is 0 Å². The van der Waals surface area contributed by atoms with E-state index in [1.54, 1.807) is 37.3 Å². The van der Waals surface area contributed by atoms with Crippen molar-refractivity contribution < 1.29 is 14.0 Å². The minimum absolute atomic E-state index is 0.290. The molecule has 0 fully saturated rings. The van der Waals surface area contributed by atoms with Gasteiger partial charge in [0.15, 0.2) is 0 Å². The number of carbonyl (C=O) groups is 2. The summed E-state index contributed by atoms with van der Waals surface area (Å²) in [7, 11) is 0. The minimum Gasteiger partial charge on any atom is -0.350 e. The van der Waals surface area contributed by atoms with Crippen molar-refractivity contribution in [1.29, 1.82) is 0 Å². The predicted octanol–water partition coefficient (Wildman–Crippen LogP) is 4.76. The van der Waals surface area contributed by atoms with Gasteiger partial charge in [-0.25, -0.2) is 4.39 Å². The molecule has 0 aliphatic carbocycles. The van der Waals surface area contributed by atoms with Gasteiger partial charge in [0.2, 0.25) is 5.91 Å². The van der Waals surface area contributed by atoms with Crippen molar-refractivity contribution in [3.63, 3.8) is 0 Å². The van der Waals surface area contributed by atoms with Crippen LogP contribution >= 0.6 is 11.6 Å². The third-order valence-electron chi connectivity index (χ3n) is 5.40. The Morgan fingerprint density at radius 1 is 1.10 bits per heavy atom. The summed E-state index contributed by atoms with van der Waals surface area (Å²) in [6, 6.07) is 20.1. The molecular formula is C24H20ClFN2O2. The van der Waals surface area contributed by atoms with Gasteiger partial charge in [-0.2, -0.15) is 0 Å². The first-order valence-electron chi connectivity index (χ1n) is 9.59. The van der Waals surface area contributed by atoms with Gasteiger partial charge in [0.1, 0.15) is 11.4 Å². The van der Waals surface area contributed by atoms with Gasteiger partial charge < -0.3 is 5.32 Å². The van der Waals surface area contributed by atoms with Crippen molar-refractivity contribution >= 4 is 29.1 Å². The molecule has 4 nitrogen and oxygen atoms in total. The van der Waals surface area contributed by atoms with Crippen LogP contribution in [0.4, 0.5) is 10.1 Å². The van der Waals surface area contributed by atoms with Crippen LogP contribution in [0.2, 0.25) is 5.02 Å². The molecule has 1 aliphatic rings. The molecule has 0 saturated carbocycles. The molecule has 3 aromatic rings. The molecule has 3 aromatic carbocycles. The zero-order chi connectivity index (χ0) is 21.3. The van der Waals surface area contributed by atoms with E-state index in [1.807, 2.05) is 24.3 Å². The van der Waals surface area contributed by atoms with Gasteiger partial charge in [-0.3, -0.25) is 14.5 Å². The monoisotopic (exact) mass is 422 g/mol. The number of carbonyl (C=O) groups excluding carboxylic acids is 2. The van der Waals surface area contributed by atoms with Crippen LogP contribution in [-0.2, 0) is 17.8 Å². The normalized spacial score (nSPS) is 18.1. The average Bonchev–Trinajstić information content (AvgIpc) is 2.73. The fraction of sp³-hybridized carbons (Fsp3) is 0.167. The minimum atomic E-state index is -1.22. The van der Waals surface area contributed by atoms with Crippen LogP contribution in [0.15, 0.2) is 72.8 Å². The van der Waals surface area contributed by atoms with E-state index >= 15 is 0 Å². The molecule has 30 heavy (non-hydrogen) atoms. The van der Waals surface area contributed by atoms with Crippen LogP contribution in [0.3, 0.4) is 0 Å². The van der Waals surface area contributed by atoms with Crippen LogP contribution in [-0.4, -0.2) is 17.4 Å². The Morgan fingerprint density at radius 2 is 1.83 bits per heavy atom. The zero-order valence-corrected chi connectivity index (χ0v) is 17.1. The Labute approximate surface area is 179 Å². The number of rotatable bonds is 4. The number of nitrogens with zero attached hydrogens (tertiary/aromatic N) is 1. The summed E-state index contributed by atoms with van der Waals surface area (Å²) in [6.07, 6.45) is 0.317. The van der Waals surface area contributed by atoms with Crippen molar-refractivity contribution in [3.05, 3.63) is 100 Å². The molecule has 4 rings (SSSR count). The molecule has 0 spiro atoms. The van der Waals surface area contributed by atoms with Crippen LogP contribution in [0.25, 0.3) is 0 Å². The zero-order valence-electron chi connectivity index (χ0n) is 16.4. The number of fused-ring (bicyclic) bond motifs is 1. The molecule has 1 N–H and O–H groups in total. The number of hydrogen-bond acceptors (Lipinski definition) is 2. The molecule has 6 heteroatoms. The highest BCUT2D eigenvalue weighted by Crippen LogP contribution is 2.35. The SMILES string of the molecule is C[C@@]1(C(=O)NCc2ccc(Cl)cc2)Cc2ccccc2C(=O)N1c1cccc(F)c1. The van der Waals surface area contributed by atoms with E-state index in [0.717, 1.165) is 11.1 Å². The van der Waals surface area contributed by atoms with Crippen LogP contribution in [0.1, 0.15) is 28.4 Å². The average molecular weight is 423 g/mol. The van der Waals surface area contributed by atoms with E-state index in [2.05, 4.69) is 5.32 Å². The lowest BCUT2D eigenvalue weighted by molar-refractivity contribution is -0.126. The summed E-state index contributed by atoms with van der Waals surface area (Å²) >= 11 is 5.92. The highest BCUT2D eigenvalue weighted by molar-refractivity contribution is 6.30. The lowest BCUT2D eigenvalue weighted by atomic mass is 9.82. The summed E-state index contributed by atoms with van der Waals surface area (Å²) < 4.78 is 14.0. The molecule has 0 aromatic heterocycles. The summed E-state index contributed by atoms with van der Waals surface area (Å²) in [5, 5.41) is 3.54. The van der Waals surface area contributed by atoms with Crippen molar-refractivity contribution in [2.75, 3.05) is 4.90 Å². The first kappa shape index (κ1) is 20.1. The molecule has 1 atom stereocenters. The number of anilines is 1. The highest BCUT2D eigenvalue weighted by Gasteiger charge is 2.47.